The van der Waals surface area contributed by atoms with Crippen molar-refractivity contribution < 1.29 is 17.3 Å². The van der Waals surface area contributed by atoms with Crippen molar-refractivity contribution >= 4 is 44.0 Å². The van der Waals surface area contributed by atoms with Crippen LogP contribution in [0.3, 0.4) is 0 Å². The van der Waals surface area contributed by atoms with Gasteiger partial charge in [-0.3, -0.25) is 0 Å². The van der Waals surface area contributed by atoms with E-state index in [1.807, 2.05) is 19.1 Å². The Morgan fingerprint density at radius 3 is 2.61 bits per heavy atom. The highest BCUT2D eigenvalue weighted by Gasteiger charge is 2.24. The summed E-state index contributed by atoms with van der Waals surface area (Å²) in [5.41, 5.74) is 3.47. The predicted octanol–water partition coefficient (Wildman–Crippen LogP) is 6.99. The summed E-state index contributed by atoms with van der Waals surface area (Å²) in [6.45, 7) is 5.30. The number of methoxy groups -OCH3 is 1. The van der Waals surface area contributed by atoms with Crippen LogP contribution in [0, 0.1) is 6.92 Å². The third-order valence-corrected chi connectivity index (χ3v) is 9.46. The van der Waals surface area contributed by atoms with Crippen molar-refractivity contribution in [3.63, 3.8) is 0 Å². The molecule has 0 radical (unpaired) electrons. The van der Waals surface area contributed by atoms with E-state index in [9.17, 15) is 8.42 Å². The second-order valence-electron chi connectivity index (χ2n) is 10.1. The zero-order valence-electron chi connectivity index (χ0n) is 24.8. The van der Waals surface area contributed by atoms with E-state index < -0.39 is 22.1 Å². The number of benzene rings is 2. The van der Waals surface area contributed by atoms with Crippen LogP contribution in [0.5, 0.6) is 5.75 Å². The number of rotatable bonds is 8. The molecule has 1 aliphatic rings. The molecule has 5 rings (SSSR count). The number of aromatic amines is 1. The van der Waals surface area contributed by atoms with Crippen LogP contribution in [0.15, 0.2) is 53.6 Å². The molecule has 0 spiro atoms. The minimum Gasteiger partial charge on any atom is -0.495 e. The Morgan fingerprint density at radius 2 is 1.84 bits per heavy atom. The van der Waals surface area contributed by atoms with Gasteiger partial charge in [-0.25, -0.2) is 8.42 Å². The lowest BCUT2D eigenvalue weighted by Crippen LogP contribution is -2.15. The summed E-state index contributed by atoms with van der Waals surface area (Å²) in [6.07, 6.45) is 7.38. The molecule has 4 aromatic rings. The minimum atomic E-state index is -3.57. The number of hydrogen-bond acceptors (Lipinski definition) is 7. The third-order valence-electron chi connectivity index (χ3n) is 7.25. The Hall–Kier alpha value is -3.59. The van der Waals surface area contributed by atoms with Gasteiger partial charge in [0.05, 0.1) is 38.1 Å². The summed E-state index contributed by atoms with van der Waals surface area (Å²) in [7, 11) is -6.21. The SMILES string of the molecule is [2H]C([2H])([2H])Oc1cc(C2CCCCC2)c(C)cc1Nc1nc(Nc2ccccc2S(=O)(=O)C(C)C)c2cc[nH]c2n1. The standard InChI is InChI=1S/C29H35N5O3S/c1-18(2)38(35,36)26-13-9-8-12-23(26)31-28-21-14-15-30-27(21)33-29(34-28)32-24-16-19(3)22(17-25(24)37-4)20-10-6-5-7-11-20/h8-9,12-18,20H,5-7,10-11H2,1-4H3,(H3,30,31,32,33,34)/i4D3. The molecule has 9 heteroatoms. The van der Waals surface area contributed by atoms with Crippen LogP contribution in [0.1, 0.15) is 67.1 Å². The fourth-order valence-electron chi connectivity index (χ4n) is 5.15. The molecule has 2 heterocycles. The lowest BCUT2D eigenvalue weighted by atomic mass is 9.82. The molecule has 8 nitrogen and oxygen atoms in total. The Kier molecular flexibility index (Phi) is 6.28. The van der Waals surface area contributed by atoms with E-state index in [1.54, 1.807) is 50.4 Å². The van der Waals surface area contributed by atoms with Crippen molar-refractivity contribution in [3.05, 3.63) is 59.8 Å². The van der Waals surface area contributed by atoms with Crippen molar-refractivity contribution in [2.24, 2.45) is 0 Å². The van der Waals surface area contributed by atoms with E-state index >= 15 is 0 Å². The fourth-order valence-corrected chi connectivity index (χ4v) is 6.35. The van der Waals surface area contributed by atoms with Gasteiger partial charge >= 0.3 is 0 Å². The van der Waals surface area contributed by atoms with Gasteiger partial charge in [-0.1, -0.05) is 31.4 Å². The largest absolute Gasteiger partial charge is 0.495 e. The van der Waals surface area contributed by atoms with E-state index in [0.29, 0.717) is 34.1 Å². The van der Waals surface area contributed by atoms with Gasteiger partial charge in [-0.05, 0) is 81.0 Å². The molecule has 0 aliphatic heterocycles. The molecular weight excluding hydrogens is 498 g/mol. The molecule has 38 heavy (non-hydrogen) atoms. The van der Waals surface area contributed by atoms with Gasteiger partial charge < -0.3 is 20.4 Å². The smallest absolute Gasteiger partial charge is 0.231 e. The molecule has 3 N–H and O–H groups in total. The first kappa shape index (κ1) is 22.4. The molecule has 2 aromatic carbocycles. The first-order valence-corrected chi connectivity index (χ1v) is 14.5. The first-order valence-electron chi connectivity index (χ1n) is 14.5. The maximum absolute atomic E-state index is 13.0. The van der Waals surface area contributed by atoms with Crippen LogP contribution in [0.2, 0.25) is 0 Å². The van der Waals surface area contributed by atoms with Gasteiger partial charge in [-0.2, -0.15) is 9.97 Å². The molecule has 200 valence electrons. The number of nitrogens with one attached hydrogen (secondary N) is 3. The van der Waals surface area contributed by atoms with Crippen molar-refractivity contribution in [1.82, 2.24) is 15.0 Å². The van der Waals surface area contributed by atoms with Gasteiger partial charge in [0.15, 0.2) is 9.84 Å². The predicted molar refractivity (Wildman–Crippen MR) is 153 cm³/mol. The summed E-state index contributed by atoms with van der Waals surface area (Å²) in [5.74, 6) is 1.14. The Labute approximate surface area is 228 Å². The molecule has 1 fully saturated rings. The van der Waals surface area contributed by atoms with E-state index in [2.05, 4.69) is 25.6 Å². The summed E-state index contributed by atoms with van der Waals surface area (Å²) in [6, 6.07) is 12.2. The Balaban J connectivity index is 1.54. The van der Waals surface area contributed by atoms with Crippen LogP contribution >= 0.6 is 0 Å². The van der Waals surface area contributed by atoms with Gasteiger partial charge in [0.2, 0.25) is 5.95 Å². The van der Waals surface area contributed by atoms with Crippen LogP contribution in [0.25, 0.3) is 11.0 Å². The normalized spacial score (nSPS) is 16.2. The molecule has 1 saturated carbocycles. The third kappa shape index (κ3) is 5.07. The average molecular weight is 537 g/mol. The number of nitrogens with zero attached hydrogens (tertiary/aromatic N) is 2. The summed E-state index contributed by atoms with van der Waals surface area (Å²) < 4.78 is 54.8. The zero-order chi connectivity index (χ0) is 29.4. The molecule has 2 aromatic heterocycles. The second-order valence-corrected chi connectivity index (χ2v) is 12.6. The van der Waals surface area contributed by atoms with Crippen molar-refractivity contribution in [2.75, 3.05) is 17.7 Å². The average Bonchev–Trinajstić information content (AvgIpc) is 3.39. The van der Waals surface area contributed by atoms with Crippen molar-refractivity contribution in [3.8, 4) is 5.75 Å². The maximum atomic E-state index is 13.0. The van der Waals surface area contributed by atoms with E-state index in [0.717, 1.165) is 36.8 Å². The Bertz CT molecular complexity index is 1660. The number of sulfone groups is 1. The number of anilines is 4. The molecule has 0 bridgehead atoms. The van der Waals surface area contributed by atoms with Crippen LogP contribution in [0.4, 0.5) is 23.1 Å². The van der Waals surface area contributed by atoms with Crippen LogP contribution in [-0.4, -0.2) is 35.7 Å². The number of H-pyrrole nitrogens is 1. The maximum Gasteiger partial charge on any atom is 0.231 e. The number of fused-ring (bicyclic) bond motifs is 1. The van der Waals surface area contributed by atoms with E-state index in [1.165, 1.54) is 6.42 Å². The van der Waals surface area contributed by atoms with E-state index in [-0.39, 0.29) is 16.6 Å². The molecule has 0 atom stereocenters. The minimum absolute atomic E-state index is 0.175. The molecule has 0 unspecified atom stereocenters. The zero-order valence-corrected chi connectivity index (χ0v) is 22.7. The number of aromatic nitrogens is 3. The number of aryl methyl sites for hydroxylation is 1. The quantitative estimate of drug-likeness (QED) is 0.223. The number of para-hydroxylation sites is 1. The van der Waals surface area contributed by atoms with Crippen LogP contribution in [-0.2, 0) is 9.84 Å². The Morgan fingerprint density at radius 1 is 1.05 bits per heavy atom. The molecule has 0 amide bonds. The fraction of sp³-hybridized carbons (Fsp3) is 0.379. The summed E-state index contributed by atoms with van der Waals surface area (Å²) in [4.78, 5) is 12.5. The van der Waals surface area contributed by atoms with Gasteiger partial charge in [-0.15, -0.1) is 0 Å². The van der Waals surface area contributed by atoms with Crippen molar-refractivity contribution in [2.45, 2.75) is 68.9 Å². The number of ether oxygens (including phenoxy) is 1. The summed E-state index contributed by atoms with van der Waals surface area (Å²) in [5, 5.41) is 6.42. The molecule has 0 saturated heterocycles. The number of hydrogen-bond donors (Lipinski definition) is 3. The lowest BCUT2D eigenvalue weighted by Gasteiger charge is -2.25. The highest BCUT2D eigenvalue weighted by molar-refractivity contribution is 7.92. The highest BCUT2D eigenvalue weighted by atomic mass is 32.2. The highest BCUT2D eigenvalue weighted by Crippen LogP contribution is 2.39. The lowest BCUT2D eigenvalue weighted by molar-refractivity contribution is 0.411. The monoisotopic (exact) mass is 536 g/mol. The van der Waals surface area contributed by atoms with Gasteiger partial charge in [0, 0.05) is 6.20 Å². The van der Waals surface area contributed by atoms with Crippen molar-refractivity contribution in [1.29, 1.82) is 0 Å². The van der Waals surface area contributed by atoms with E-state index in [4.69, 9.17) is 8.85 Å². The molecule has 1 aliphatic carbocycles. The molecular formula is C29H35N5O3S. The topological polar surface area (TPSA) is 109 Å². The van der Waals surface area contributed by atoms with Crippen LogP contribution < -0.4 is 15.4 Å². The summed E-state index contributed by atoms with van der Waals surface area (Å²) >= 11 is 0. The van der Waals surface area contributed by atoms with Gasteiger partial charge in [0.25, 0.3) is 0 Å². The second kappa shape index (κ2) is 10.6. The van der Waals surface area contributed by atoms with Gasteiger partial charge in [0.1, 0.15) is 17.2 Å². The first-order chi connectivity index (χ1) is 19.4.